The molecule has 3 aromatic rings. The fraction of sp³-hybridized carbons (Fsp3) is 0.0952. The van der Waals surface area contributed by atoms with Crippen LogP contribution < -0.4 is 14.8 Å². The second-order valence-electron chi connectivity index (χ2n) is 6.16. The number of carbonyl (C=O) groups excluding carboxylic acids is 1. The maximum Gasteiger partial charge on any atom is 0.261 e. The molecule has 30 heavy (non-hydrogen) atoms. The summed E-state index contributed by atoms with van der Waals surface area (Å²) in [5, 5.41) is 3.22. The van der Waals surface area contributed by atoms with E-state index in [0.717, 1.165) is 4.47 Å². The van der Waals surface area contributed by atoms with Crippen LogP contribution in [0.15, 0.2) is 76.1 Å². The van der Waals surface area contributed by atoms with Crippen LogP contribution in [-0.4, -0.2) is 20.9 Å². The molecule has 3 aromatic carbocycles. The molecule has 0 aliphatic carbocycles. The molecule has 0 radical (unpaired) electrons. The molecule has 0 spiro atoms. The molecule has 0 atom stereocenters. The van der Waals surface area contributed by atoms with Gasteiger partial charge >= 0.3 is 0 Å². The van der Waals surface area contributed by atoms with Gasteiger partial charge in [0.05, 0.1) is 17.2 Å². The Kier molecular flexibility index (Phi) is 7.02. The lowest BCUT2D eigenvalue weighted by Gasteiger charge is -2.14. The fourth-order valence-corrected chi connectivity index (χ4v) is 4.06. The van der Waals surface area contributed by atoms with E-state index in [0.29, 0.717) is 28.6 Å². The molecule has 0 aliphatic rings. The van der Waals surface area contributed by atoms with E-state index in [1.54, 1.807) is 55.5 Å². The van der Waals surface area contributed by atoms with Crippen LogP contribution in [0, 0.1) is 0 Å². The third kappa shape index (κ3) is 5.53. The van der Waals surface area contributed by atoms with Crippen molar-refractivity contribution < 1.29 is 17.9 Å². The quantitative estimate of drug-likeness (QED) is 0.437. The van der Waals surface area contributed by atoms with Gasteiger partial charge in [-0.3, -0.25) is 9.52 Å². The zero-order chi connectivity index (χ0) is 21.7. The fourth-order valence-electron chi connectivity index (χ4n) is 2.58. The minimum Gasteiger partial charge on any atom is -0.492 e. The first-order valence-corrected chi connectivity index (χ1v) is 11.6. The lowest BCUT2D eigenvalue weighted by molar-refractivity contribution is 0.102. The van der Waals surface area contributed by atoms with Gasteiger partial charge in [-0.25, -0.2) is 8.42 Å². The Labute approximate surface area is 188 Å². The minimum atomic E-state index is -3.88. The molecule has 0 bridgehead atoms. The van der Waals surface area contributed by atoms with Crippen molar-refractivity contribution in [3.05, 3.63) is 81.8 Å². The first-order valence-electron chi connectivity index (χ1n) is 8.90. The van der Waals surface area contributed by atoms with E-state index >= 15 is 0 Å². The number of ether oxygens (including phenoxy) is 1. The Bertz CT molecular complexity index is 1150. The third-order valence-electron chi connectivity index (χ3n) is 4.01. The van der Waals surface area contributed by atoms with Crippen LogP contribution in [-0.2, 0) is 10.0 Å². The zero-order valence-corrected chi connectivity index (χ0v) is 19.0. The number of halogens is 2. The van der Waals surface area contributed by atoms with Gasteiger partial charge in [0.25, 0.3) is 15.9 Å². The van der Waals surface area contributed by atoms with Gasteiger partial charge in [0, 0.05) is 20.7 Å². The van der Waals surface area contributed by atoms with Gasteiger partial charge in [0.15, 0.2) is 0 Å². The predicted octanol–water partition coefficient (Wildman–Crippen LogP) is 5.55. The van der Waals surface area contributed by atoms with Gasteiger partial charge in [-0.15, -0.1) is 0 Å². The third-order valence-corrected chi connectivity index (χ3v) is 6.17. The van der Waals surface area contributed by atoms with E-state index in [4.69, 9.17) is 16.3 Å². The standard InChI is InChI=1S/C21H18BrClN2O4S/c1-2-29-20-12-11-18(30(27,28)25-17-9-5-15(22)6-10-17)13-19(20)24-21(26)14-3-7-16(23)8-4-14/h3-13,25H,2H2,1H3,(H,24,26). The Morgan fingerprint density at radius 3 is 2.33 bits per heavy atom. The SMILES string of the molecule is CCOc1ccc(S(=O)(=O)Nc2ccc(Br)cc2)cc1NC(=O)c1ccc(Cl)cc1. The highest BCUT2D eigenvalue weighted by Gasteiger charge is 2.18. The number of carbonyl (C=O) groups is 1. The van der Waals surface area contributed by atoms with E-state index in [1.165, 1.54) is 18.2 Å². The van der Waals surface area contributed by atoms with Crippen LogP contribution in [0.2, 0.25) is 5.02 Å². The summed E-state index contributed by atoms with van der Waals surface area (Å²) in [6.07, 6.45) is 0. The Morgan fingerprint density at radius 2 is 1.70 bits per heavy atom. The highest BCUT2D eigenvalue weighted by Crippen LogP contribution is 2.29. The summed E-state index contributed by atoms with van der Waals surface area (Å²) in [5.41, 5.74) is 1.04. The first-order chi connectivity index (χ1) is 14.3. The van der Waals surface area contributed by atoms with Gasteiger partial charge < -0.3 is 10.1 Å². The van der Waals surface area contributed by atoms with Crippen molar-refractivity contribution >= 4 is 54.8 Å². The summed E-state index contributed by atoms with van der Waals surface area (Å²) >= 11 is 9.17. The van der Waals surface area contributed by atoms with Crippen LogP contribution in [0.5, 0.6) is 5.75 Å². The normalized spacial score (nSPS) is 11.0. The second kappa shape index (κ2) is 9.51. The Balaban J connectivity index is 1.90. The molecule has 0 fully saturated rings. The van der Waals surface area contributed by atoms with E-state index in [2.05, 4.69) is 26.0 Å². The van der Waals surface area contributed by atoms with Crippen molar-refractivity contribution in [3.63, 3.8) is 0 Å². The van der Waals surface area contributed by atoms with Crippen LogP contribution in [0.25, 0.3) is 0 Å². The van der Waals surface area contributed by atoms with Crippen molar-refractivity contribution in [3.8, 4) is 5.75 Å². The molecule has 6 nitrogen and oxygen atoms in total. The maximum atomic E-state index is 12.8. The molecule has 156 valence electrons. The highest BCUT2D eigenvalue weighted by atomic mass is 79.9. The van der Waals surface area contributed by atoms with Crippen LogP contribution in [0.3, 0.4) is 0 Å². The summed E-state index contributed by atoms with van der Waals surface area (Å²) < 4.78 is 34.5. The minimum absolute atomic E-state index is 0.0136. The Morgan fingerprint density at radius 1 is 1.03 bits per heavy atom. The Hall–Kier alpha value is -2.55. The van der Waals surface area contributed by atoms with E-state index in [-0.39, 0.29) is 10.6 Å². The van der Waals surface area contributed by atoms with Crippen molar-refractivity contribution in [2.75, 3.05) is 16.6 Å². The first kappa shape index (κ1) is 22.1. The van der Waals surface area contributed by atoms with Crippen LogP contribution in [0.1, 0.15) is 17.3 Å². The second-order valence-corrected chi connectivity index (χ2v) is 9.20. The number of rotatable bonds is 7. The van der Waals surface area contributed by atoms with Gasteiger partial charge in [0.2, 0.25) is 0 Å². The molecule has 2 N–H and O–H groups in total. The number of benzene rings is 3. The largest absolute Gasteiger partial charge is 0.492 e. The molecule has 0 unspecified atom stereocenters. The molecule has 0 saturated heterocycles. The van der Waals surface area contributed by atoms with Crippen molar-refractivity contribution in [1.29, 1.82) is 0 Å². The monoisotopic (exact) mass is 508 g/mol. The number of anilines is 2. The molecular weight excluding hydrogens is 492 g/mol. The van der Waals surface area contributed by atoms with E-state index < -0.39 is 15.9 Å². The molecule has 0 saturated carbocycles. The molecule has 0 heterocycles. The van der Waals surface area contributed by atoms with Crippen LogP contribution >= 0.6 is 27.5 Å². The predicted molar refractivity (Wildman–Crippen MR) is 122 cm³/mol. The van der Waals surface area contributed by atoms with Gasteiger partial charge in [0.1, 0.15) is 5.75 Å². The number of amides is 1. The van der Waals surface area contributed by atoms with Crippen molar-refractivity contribution in [2.45, 2.75) is 11.8 Å². The van der Waals surface area contributed by atoms with Gasteiger partial charge in [-0.05, 0) is 73.7 Å². The van der Waals surface area contributed by atoms with E-state index in [9.17, 15) is 13.2 Å². The van der Waals surface area contributed by atoms with Crippen LogP contribution in [0.4, 0.5) is 11.4 Å². The van der Waals surface area contributed by atoms with Crippen molar-refractivity contribution in [1.82, 2.24) is 0 Å². The van der Waals surface area contributed by atoms with E-state index in [1.807, 2.05) is 0 Å². The van der Waals surface area contributed by atoms with Gasteiger partial charge in [-0.2, -0.15) is 0 Å². The molecule has 9 heteroatoms. The number of sulfonamides is 1. The summed E-state index contributed by atoms with van der Waals surface area (Å²) in [5.74, 6) is -0.0505. The molecule has 3 rings (SSSR count). The lowest BCUT2D eigenvalue weighted by Crippen LogP contribution is -2.16. The summed E-state index contributed by atoms with van der Waals surface area (Å²) in [6, 6.07) is 17.4. The summed E-state index contributed by atoms with van der Waals surface area (Å²) in [6.45, 7) is 2.15. The number of nitrogens with one attached hydrogen (secondary N) is 2. The average Bonchev–Trinajstić information content (AvgIpc) is 2.71. The van der Waals surface area contributed by atoms with Crippen molar-refractivity contribution in [2.24, 2.45) is 0 Å². The zero-order valence-electron chi connectivity index (χ0n) is 15.9. The summed E-state index contributed by atoms with van der Waals surface area (Å²) in [7, 11) is -3.88. The number of hydrogen-bond acceptors (Lipinski definition) is 4. The maximum absolute atomic E-state index is 12.8. The highest BCUT2D eigenvalue weighted by molar-refractivity contribution is 9.10. The average molecular weight is 510 g/mol. The lowest BCUT2D eigenvalue weighted by atomic mass is 10.2. The molecule has 1 amide bonds. The molecule has 0 aliphatic heterocycles. The smallest absolute Gasteiger partial charge is 0.261 e. The van der Waals surface area contributed by atoms with Gasteiger partial charge in [-0.1, -0.05) is 27.5 Å². The topological polar surface area (TPSA) is 84.5 Å². The molecule has 0 aromatic heterocycles. The molecular formula is C21H18BrClN2O4S. The summed E-state index contributed by atoms with van der Waals surface area (Å²) in [4.78, 5) is 12.6. The number of hydrogen-bond donors (Lipinski definition) is 2.